The summed E-state index contributed by atoms with van der Waals surface area (Å²) in [4.78, 5) is 12.8. The molecular formula is C27H30N2O3S. The lowest BCUT2D eigenvalue weighted by Gasteiger charge is -2.23. The van der Waals surface area contributed by atoms with Crippen molar-refractivity contribution in [2.45, 2.75) is 45.7 Å². The second kappa shape index (κ2) is 9.40. The fourth-order valence-corrected chi connectivity index (χ4v) is 5.21. The molecule has 0 saturated heterocycles. The zero-order valence-electron chi connectivity index (χ0n) is 19.3. The molecule has 6 heteroatoms. The van der Waals surface area contributed by atoms with Crippen LogP contribution in [-0.2, 0) is 29.4 Å². The molecule has 0 radical (unpaired) electrons. The maximum absolute atomic E-state index is 12.8. The number of nitrogens with one attached hydrogen (secondary N) is 1. The fraction of sp³-hybridized carbons (Fsp3) is 0.296. The highest BCUT2D eigenvalue weighted by molar-refractivity contribution is 7.92. The Bertz CT molecular complexity index is 1270. The molecule has 0 saturated carbocycles. The van der Waals surface area contributed by atoms with Crippen LogP contribution in [0.5, 0.6) is 0 Å². The summed E-state index contributed by atoms with van der Waals surface area (Å²) in [6, 6.07) is 20.9. The highest BCUT2D eigenvalue weighted by Gasteiger charge is 2.19. The quantitative estimate of drug-likeness (QED) is 0.541. The number of hydrogen-bond acceptors (Lipinski definition) is 3. The van der Waals surface area contributed by atoms with Crippen molar-refractivity contribution in [3.8, 4) is 0 Å². The zero-order chi connectivity index (χ0) is 23.6. The molecule has 0 bridgehead atoms. The number of rotatable bonds is 7. The van der Waals surface area contributed by atoms with Crippen LogP contribution < -0.4 is 9.62 Å². The lowest BCUT2D eigenvalue weighted by molar-refractivity contribution is 0.0940. The molecule has 1 N–H and O–H groups in total. The monoisotopic (exact) mass is 462 g/mol. The summed E-state index contributed by atoms with van der Waals surface area (Å²) in [5.41, 5.74) is 6.90. The van der Waals surface area contributed by atoms with E-state index in [4.69, 9.17) is 0 Å². The Morgan fingerprint density at radius 3 is 2.42 bits per heavy atom. The van der Waals surface area contributed by atoms with Gasteiger partial charge in [-0.3, -0.25) is 9.10 Å². The number of carbonyl (C=O) groups excluding carboxylic acids is 1. The minimum absolute atomic E-state index is 0.0925. The van der Waals surface area contributed by atoms with E-state index >= 15 is 0 Å². The molecule has 0 heterocycles. The summed E-state index contributed by atoms with van der Waals surface area (Å²) in [5, 5.41) is 3.07. The van der Waals surface area contributed by atoms with Crippen LogP contribution in [-0.4, -0.2) is 20.6 Å². The average molecular weight is 463 g/mol. The fourth-order valence-electron chi connectivity index (χ4n) is 4.33. The highest BCUT2D eigenvalue weighted by atomic mass is 32.2. The lowest BCUT2D eigenvalue weighted by atomic mass is 10.0. The molecule has 33 heavy (non-hydrogen) atoms. The predicted molar refractivity (Wildman–Crippen MR) is 133 cm³/mol. The Kier molecular flexibility index (Phi) is 6.56. The van der Waals surface area contributed by atoms with Gasteiger partial charge in [0.2, 0.25) is 10.0 Å². The number of carbonyl (C=O) groups is 1. The van der Waals surface area contributed by atoms with Gasteiger partial charge in [-0.25, -0.2) is 8.42 Å². The van der Waals surface area contributed by atoms with E-state index in [-0.39, 0.29) is 18.5 Å². The Labute approximate surface area is 196 Å². The van der Waals surface area contributed by atoms with Crippen LogP contribution in [0.3, 0.4) is 0 Å². The number of anilines is 1. The van der Waals surface area contributed by atoms with Gasteiger partial charge in [-0.1, -0.05) is 42.5 Å². The van der Waals surface area contributed by atoms with Gasteiger partial charge in [0.05, 0.1) is 24.5 Å². The summed E-state index contributed by atoms with van der Waals surface area (Å²) in [7, 11) is -3.46. The summed E-state index contributed by atoms with van der Waals surface area (Å²) >= 11 is 0. The normalized spacial score (nSPS) is 13.9. The van der Waals surface area contributed by atoms with Crippen molar-refractivity contribution in [2.24, 2.45) is 0 Å². The number of benzene rings is 3. The first kappa shape index (κ1) is 23.1. The molecule has 1 aliphatic rings. The molecule has 0 aliphatic heterocycles. The van der Waals surface area contributed by atoms with Gasteiger partial charge in [0.15, 0.2) is 0 Å². The number of sulfonamides is 1. The molecule has 172 valence electrons. The van der Waals surface area contributed by atoms with Crippen molar-refractivity contribution in [3.05, 3.63) is 100 Å². The number of hydrogen-bond donors (Lipinski definition) is 1. The van der Waals surface area contributed by atoms with E-state index in [2.05, 4.69) is 23.5 Å². The van der Waals surface area contributed by atoms with Crippen molar-refractivity contribution in [2.75, 3.05) is 10.6 Å². The molecule has 1 atom stereocenters. The molecule has 1 unspecified atom stereocenters. The second-order valence-electron chi connectivity index (χ2n) is 8.88. The molecule has 0 fully saturated rings. The number of aryl methyl sites for hydroxylation is 3. The summed E-state index contributed by atoms with van der Waals surface area (Å²) in [6.45, 7) is 4.13. The van der Waals surface area contributed by atoms with Crippen molar-refractivity contribution >= 4 is 21.6 Å². The molecule has 4 rings (SSSR count). The van der Waals surface area contributed by atoms with Gasteiger partial charge in [-0.2, -0.15) is 0 Å². The smallest absolute Gasteiger partial charge is 0.251 e. The van der Waals surface area contributed by atoms with Gasteiger partial charge in [-0.15, -0.1) is 0 Å². The van der Waals surface area contributed by atoms with Crippen LogP contribution in [0.4, 0.5) is 5.69 Å². The van der Waals surface area contributed by atoms with E-state index in [9.17, 15) is 13.2 Å². The highest BCUT2D eigenvalue weighted by Crippen LogP contribution is 2.26. The van der Waals surface area contributed by atoms with Crippen LogP contribution in [0.1, 0.15) is 57.6 Å². The Balaban J connectivity index is 1.45. The van der Waals surface area contributed by atoms with Gasteiger partial charge in [-0.05, 0) is 85.2 Å². The van der Waals surface area contributed by atoms with E-state index in [1.54, 1.807) is 18.2 Å². The summed E-state index contributed by atoms with van der Waals surface area (Å²) < 4.78 is 26.2. The van der Waals surface area contributed by atoms with E-state index in [0.29, 0.717) is 11.3 Å². The molecule has 1 aliphatic carbocycles. The minimum atomic E-state index is -3.46. The molecule has 5 nitrogen and oxygen atoms in total. The van der Waals surface area contributed by atoms with Gasteiger partial charge in [0.1, 0.15) is 0 Å². The Morgan fingerprint density at radius 1 is 1.00 bits per heavy atom. The van der Waals surface area contributed by atoms with Gasteiger partial charge in [0.25, 0.3) is 5.91 Å². The first-order chi connectivity index (χ1) is 15.7. The van der Waals surface area contributed by atoms with Crippen molar-refractivity contribution in [3.63, 3.8) is 0 Å². The van der Waals surface area contributed by atoms with E-state index in [1.807, 2.05) is 44.2 Å². The van der Waals surface area contributed by atoms with Crippen LogP contribution in [0.25, 0.3) is 0 Å². The van der Waals surface area contributed by atoms with Crippen LogP contribution in [0.2, 0.25) is 0 Å². The predicted octanol–water partition coefficient (Wildman–Crippen LogP) is 4.94. The van der Waals surface area contributed by atoms with Gasteiger partial charge >= 0.3 is 0 Å². The van der Waals surface area contributed by atoms with Crippen molar-refractivity contribution < 1.29 is 13.2 Å². The van der Waals surface area contributed by atoms with Crippen molar-refractivity contribution in [1.82, 2.24) is 5.32 Å². The lowest BCUT2D eigenvalue weighted by Crippen LogP contribution is -2.29. The molecule has 3 aromatic carbocycles. The first-order valence-corrected chi connectivity index (χ1v) is 13.1. The van der Waals surface area contributed by atoms with Crippen LogP contribution >= 0.6 is 0 Å². The Morgan fingerprint density at radius 2 is 1.73 bits per heavy atom. The standard InChI is InChI=1S/C27H30N2O3S/c1-19-6-4-9-26(16-19)29(33(3,31)32)18-21-10-12-23(13-11-21)27(30)28-20(2)24-15-14-22-7-5-8-25(22)17-24/h4,6,9-17,20H,5,7-8,18H2,1-3H3,(H,28,30). The van der Waals surface area contributed by atoms with Gasteiger partial charge in [0, 0.05) is 5.56 Å². The third-order valence-electron chi connectivity index (χ3n) is 6.20. The topological polar surface area (TPSA) is 66.5 Å². The van der Waals surface area contributed by atoms with Crippen molar-refractivity contribution in [1.29, 1.82) is 0 Å². The molecule has 0 aromatic heterocycles. The zero-order valence-corrected chi connectivity index (χ0v) is 20.2. The Hall–Kier alpha value is -3.12. The molecule has 3 aromatic rings. The number of nitrogens with zero attached hydrogens (tertiary/aromatic N) is 1. The van der Waals surface area contributed by atoms with Crippen LogP contribution in [0.15, 0.2) is 66.7 Å². The molecule has 0 spiro atoms. The third kappa shape index (κ3) is 5.45. The largest absolute Gasteiger partial charge is 0.346 e. The van der Waals surface area contributed by atoms with Gasteiger partial charge < -0.3 is 5.32 Å². The maximum Gasteiger partial charge on any atom is 0.251 e. The summed E-state index contributed by atoms with van der Waals surface area (Å²) in [5.74, 6) is -0.145. The first-order valence-electron chi connectivity index (χ1n) is 11.3. The SMILES string of the molecule is Cc1cccc(N(Cc2ccc(C(=O)NC(C)c3ccc4c(c3)CCC4)cc2)S(C)(=O)=O)c1. The van der Waals surface area contributed by atoms with Crippen LogP contribution in [0, 0.1) is 6.92 Å². The number of fused-ring (bicyclic) bond motifs is 1. The molecular weight excluding hydrogens is 432 g/mol. The average Bonchev–Trinajstić information content (AvgIpc) is 3.25. The van der Waals surface area contributed by atoms with E-state index in [1.165, 1.54) is 28.1 Å². The van der Waals surface area contributed by atoms with E-state index in [0.717, 1.165) is 29.5 Å². The number of amides is 1. The maximum atomic E-state index is 12.8. The molecule has 1 amide bonds. The minimum Gasteiger partial charge on any atom is -0.346 e. The second-order valence-corrected chi connectivity index (χ2v) is 10.8. The third-order valence-corrected chi connectivity index (χ3v) is 7.34. The summed E-state index contributed by atoms with van der Waals surface area (Å²) in [6.07, 6.45) is 4.66. The van der Waals surface area contributed by atoms with E-state index < -0.39 is 10.0 Å².